The average Bonchev–Trinajstić information content (AvgIpc) is 3.65. The van der Waals surface area contributed by atoms with E-state index in [4.69, 9.17) is 42.1 Å². The van der Waals surface area contributed by atoms with E-state index >= 15 is 0 Å². The molecule has 1 fully saturated rings. The van der Waals surface area contributed by atoms with Gasteiger partial charge in [-0.25, -0.2) is 4.98 Å². The molecule has 1 unspecified atom stereocenters. The molecule has 7 nitrogen and oxygen atoms in total. The van der Waals surface area contributed by atoms with E-state index in [2.05, 4.69) is 9.88 Å². The molecule has 0 aliphatic carbocycles. The van der Waals surface area contributed by atoms with Gasteiger partial charge in [0.1, 0.15) is 23.1 Å². The minimum absolute atomic E-state index is 0.0782. The molecule has 1 amide bonds. The Hall–Kier alpha value is -2.78. The number of nitrogens with zero attached hydrogens (tertiary/aromatic N) is 2. The van der Waals surface area contributed by atoms with Gasteiger partial charge in [0.15, 0.2) is 0 Å². The van der Waals surface area contributed by atoms with Crippen LogP contribution in [0, 0.1) is 6.92 Å². The Morgan fingerprint density at radius 2 is 2.11 bits per heavy atom. The number of hydrogen-bond donors (Lipinski definition) is 1. The number of amides is 1. The predicted molar refractivity (Wildman–Crippen MR) is 140 cm³/mol. The first-order valence-corrected chi connectivity index (χ1v) is 13.3. The Morgan fingerprint density at radius 1 is 1.28 bits per heavy atom. The number of benzene rings is 1. The second kappa shape index (κ2) is 11.1. The van der Waals surface area contributed by atoms with Crippen LogP contribution in [-0.4, -0.2) is 34.7 Å². The van der Waals surface area contributed by atoms with Gasteiger partial charge in [0, 0.05) is 34.3 Å². The van der Waals surface area contributed by atoms with Crippen molar-refractivity contribution in [2.75, 3.05) is 13.2 Å². The van der Waals surface area contributed by atoms with Gasteiger partial charge in [-0.2, -0.15) is 0 Å². The number of carbonyl (C=O) groups excluding carboxylic acids is 1. The fourth-order valence-corrected chi connectivity index (χ4v) is 5.41. The van der Waals surface area contributed by atoms with E-state index in [1.54, 1.807) is 24.5 Å². The minimum Gasteiger partial charge on any atom is -0.486 e. The Morgan fingerprint density at radius 3 is 2.83 bits per heavy atom. The maximum Gasteiger partial charge on any atom is 0.253 e. The zero-order valence-corrected chi connectivity index (χ0v) is 22.0. The summed E-state index contributed by atoms with van der Waals surface area (Å²) in [5.74, 6) is 1.24. The van der Waals surface area contributed by atoms with Crippen LogP contribution in [0.4, 0.5) is 0 Å². The van der Waals surface area contributed by atoms with Gasteiger partial charge >= 0.3 is 0 Å². The van der Waals surface area contributed by atoms with Crippen molar-refractivity contribution < 1.29 is 18.7 Å². The highest BCUT2D eigenvalue weighted by Gasteiger charge is 2.23. The van der Waals surface area contributed by atoms with E-state index in [9.17, 15) is 4.79 Å². The van der Waals surface area contributed by atoms with E-state index in [0.717, 1.165) is 47.3 Å². The van der Waals surface area contributed by atoms with Crippen molar-refractivity contribution in [2.24, 2.45) is 0 Å². The summed E-state index contributed by atoms with van der Waals surface area (Å²) in [6.45, 7) is 3.95. The largest absolute Gasteiger partial charge is 0.486 e. The van der Waals surface area contributed by atoms with E-state index in [0.29, 0.717) is 34.4 Å². The lowest BCUT2D eigenvalue weighted by molar-refractivity contribution is 0.0857. The molecule has 1 aliphatic rings. The van der Waals surface area contributed by atoms with E-state index in [1.807, 2.05) is 30.5 Å². The molecular formula is C26H25Cl2N3O4S. The summed E-state index contributed by atoms with van der Waals surface area (Å²) in [6, 6.07) is 10.7. The van der Waals surface area contributed by atoms with Crippen LogP contribution in [0.3, 0.4) is 0 Å². The van der Waals surface area contributed by atoms with Crippen LogP contribution in [0.5, 0.6) is 5.75 Å². The molecule has 0 saturated carbocycles. The van der Waals surface area contributed by atoms with Gasteiger partial charge in [0.25, 0.3) is 5.91 Å². The molecule has 36 heavy (non-hydrogen) atoms. The van der Waals surface area contributed by atoms with E-state index < -0.39 is 0 Å². The lowest BCUT2D eigenvalue weighted by Gasteiger charge is -2.11. The number of halogens is 2. The van der Waals surface area contributed by atoms with Crippen LogP contribution in [0.25, 0.3) is 11.4 Å². The van der Waals surface area contributed by atoms with Crippen LogP contribution < -0.4 is 10.1 Å². The highest BCUT2D eigenvalue weighted by molar-refractivity contribution is 7.09. The minimum atomic E-state index is -0.126. The molecule has 0 bridgehead atoms. The van der Waals surface area contributed by atoms with Gasteiger partial charge in [0.05, 0.1) is 35.9 Å². The molecule has 3 aromatic heterocycles. The zero-order valence-electron chi connectivity index (χ0n) is 19.6. The van der Waals surface area contributed by atoms with Crippen LogP contribution in [0.2, 0.25) is 10.0 Å². The molecule has 1 atom stereocenters. The van der Waals surface area contributed by atoms with E-state index in [-0.39, 0.29) is 18.6 Å². The Bertz CT molecular complexity index is 1320. The van der Waals surface area contributed by atoms with Gasteiger partial charge in [-0.3, -0.25) is 4.79 Å². The summed E-state index contributed by atoms with van der Waals surface area (Å²) in [7, 11) is 0. The molecule has 4 heterocycles. The third-order valence-corrected chi connectivity index (χ3v) is 7.29. The number of nitrogens with one attached hydrogen (secondary N) is 1. The van der Waals surface area contributed by atoms with Gasteiger partial charge in [-0.15, -0.1) is 11.3 Å². The molecule has 1 saturated heterocycles. The normalized spacial score (nSPS) is 15.4. The molecule has 5 rings (SSSR count). The molecule has 1 aliphatic heterocycles. The van der Waals surface area contributed by atoms with Crippen molar-refractivity contribution in [1.29, 1.82) is 0 Å². The maximum atomic E-state index is 13.1. The lowest BCUT2D eigenvalue weighted by Crippen LogP contribution is -2.32. The number of hydrogen-bond acceptors (Lipinski definition) is 6. The number of carbonyl (C=O) groups is 1. The summed E-state index contributed by atoms with van der Waals surface area (Å²) >= 11 is 13.6. The fraction of sp³-hybridized carbons (Fsp3) is 0.308. The van der Waals surface area contributed by atoms with Crippen LogP contribution in [-0.2, 0) is 17.9 Å². The quantitative estimate of drug-likeness (QED) is 0.265. The third kappa shape index (κ3) is 5.78. The smallest absolute Gasteiger partial charge is 0.253 e. The summed E-state index contributed by atoms with van der Waals surface area (Å²) in [5, 5.41) is 6.79. The van der Waals surface area contributed by atoms with Gasteiger partial charge < -0.3 is 23.8 Å². The van der Waals surface area contributed by atoms with Crippen molar-refractivity contribution in [3.63, 3.8) is 0 Å². The topological polar surface area (TPSA) is 78.5 Å². The second-order valence-corrected chi connectivity index (χ2v) is 10.4. The van der Waals surface area contributed by atoms with Gasteiger partial charge in [0.2, 0.25) is 0 Å². The van der Waals surface area contributed by atoms with Crippen LogP contribution in [0.15, 0.2) is 52.5 Å². The number of ether oxygens (including phenoxy) is 2. The Balaban J connectivity index is 1.37. The molecule has 0 radical (unpaired) electrons. The van der Waals surface area contributed by atoms with Crippen molar-refractivity contribution in [3.8, 4) is 17.1 Å². The standard InChI is InChI=1S/C26H25Cl2N3O4S/c1-16-22(26(32)29-12-19-4-2-6-33-19)11-24(31(16)13-20-5-3-7-34-20)23-15-36-25(30-23)14-35-21-9-17(27)8-18(28)10-21/h3,5,7-11,15,19H,2,4,6,12-14H2,1H3,(H,29,32). The maximum absolute atomic E-state index is 13.1. The zero-order chi connectivity index (χ0) is 25.1. The first kappa shape index (κ1) is 24.9. The molecule has 10 heteroatoms. The van der Waals surface area contributed by atoms with Crippen LogP contribution in [0.1, 0.15) is 39.7 Å². The fourth-order valence-electron chi connectivity index (χ4n) is 4.21. The average molecular weight is 546 g/mol. The highest BCUT2D eigenvalue weighted by atomic mass is 35.5. The first-order valence-electron chi connectivity index (χ1n) is 11.6. The second-order valence-electron chi connectivity index (χ2n) is 8.56. The van der Waals surface area contributed by atoms with Gasteiger partial charge in [-0.05, 0) is 56.2 Å². The molecule has 1 N–H and O–H groups in total. The molecule has 0 spiro atoms. The van der Waals surface area contributed by atoms with Crippen LogP contribution >= 0.6 is 34.5 Å². The SMILES string of the molecule is Cc1c(C(=O)NCC2CCCO2)cc(-c2csc(COc3cc(Cl)cc(Cl)c3)n2)n1Cc1ccco1. The summed E-state index contributed by atoms with van der Waals surface area (Å²) < 4.78 is 19.1. The number of aromatic nitrogens is 2. The molecule has 1 aromatic carbocycles. The monoisotopic (exact) mass is 545 g/mol. The highest BCUT2D eigenvalue weighted by Crippen LogP contribution is 2.30. The van der Waals surface area contributed by atoms with Crippen molar-refractivity contribution in [1.82, 2.24) is 14.9 Å². The van der Waals surface area contributed by atoms with E-state index in [1.165, 1.54) is 11.3 Å². The Kier molecular flexibility index (Phi) is 7.67. The third-order valence-electron chi connectivity index (χ3n) is 6.03. The van der Waals surface area contributed by atoms with Crippen molar-refractivity contribution in [2.45, 2.75) is 39.0 Å². The molecular weight excluding hydrogens is 521 g/mol. The Labute approximate surface area is 222 Å². The van der Waals surface area contributed by atoms with Crippen molar-refractivity contribution in [3.05, 3.63) is 80.1 Å². The summed E-state index contributed by atoms with van der Waals surface area (Å²) in [6.07, 6.45) is 3.72. The van der Waals surface area contributed by atoms with Crippen molar-refractivity contribution >= 4 is 40.4 Å². The number of furan rings is 1. The molecule has 4 aromatic rings. The predicted octanol–water partition coefficient (Wildman–Crippen LogP) is 6.36. The lowest BCUT2D eigenvalue weighted by atomic mass is 10.2. The first-order chi connectivity index (χ1) is 17.5. The molecule has 188 valence electrons. The number of thiazole rings is 1. The van der Waals surface area contributed by atoms with Gasteiger partial charge in [-0.1, -0.05) is 23.2 Å². The summed E-state index contributed by atoms with van der Waals surface area (Å²) in [4.78, 5) is 17.9. The number of rotatable bonds is 9. The summed E-state index contributed by atoms with van der Waals surface area (Å²) in [5.41, 5.74) is 3.04.